The van der Waals surface area contributed by atoms with Crippen LogP contribution in [0.25, 0.3) is 0 Å². The Hall–Kier alpha value is -2.90. The van der Waals surface area contributed by atoms with Gasteiger partial charge < -0.3 is 15.5 Å². The highest BCUT2D eigenvalue weighted by atomic mass is 16.2. The Labute approximate surface area is 152 Å². The molecule has 0 aromatic carbocycles. The number of nitrogens with zero attached hydrogens (tertiary/aromatic N) is 4. The first-order valence-electron chi connectivity index (χ1n) is 8.76. The van der Waals surface area contributed by atoms with Crippen molar-refractivity contribution >= 4 is 11.9 Å². The minimum absolute atomic E-state index is 0.114. The summed E-state index contributed by atoms with van der Waals surface area (Å²) in [7, 11) is 1.80. The van der Waals surface area contributed by atoms with Gasteiger partial charge in [0.25, 0.3) is 5.91 Å². The van der Waals surface area contributed by atoms with Gasteiger partial charge in [0, 0.05) is 37.6 Å². The van der Waals surface area contributed by atoms with Crippen molar-refractivity contribution in [1.82, 2.24) is 30.3 Å². The molecule has 8 heteroatoms. The number of urea groups is 1. The third-order valence-electron chi connectivity index (χ3n) is 4.62. The number of nitrogens with one attached hydrogen (secondary N) is 2. The highest BCUT2D eigenvalue weighted by Gasteiger charge is 2.32. The Morgan fingerprint density at radius 3 is 2.85 bits per heavy atom. The Kier molecular flexibility index (Phi) is 5.20. The SMILES string of the molecule is CCC(C)NC(=O)N1Cc2c(C(=O)NCc3cccnc3)nn(C)c2C1. The first kappa shape index (κ1) is 17.9. The van der Waals surface area contributed by atoms with Gasteiger partial charge in [-0.05, 0) is 25.0 Å². The average molecular weight is 356 g/mol. The van der Waals surface area contributed by atoms with Gasteiger partial charge in [0.2, 0.25) is 0 Å². The molecule has 1 aliphatic heterocycles. The maximum absolute atomic E-state index is 12.6. The summed E-state index contributed by atoms with van der Waals surface area (Å²) in [5.41, 5.74) is 3.01. The molecule has 0 saturated heterocycles. The lowest BCUT2D eigenvalue weighted by atomic mass is 10.2. The largest absolute Gasteiger partial charge is 0.346 e. The number of hydrogen-bond acceptors (Lipinski definition) is 4. The van der Waals surface area contributed by atoms with Crippen LogP contribution in [0.2, 0.25) is 0 Å². The van der Waals surface area contributed by atoms with Gasteiger partial charge in [0.15, 0.2) is 5.69 Å². The second-order valence-corrected chi connectivity index (χ2v) is 6.56. The van der Waals surface area contributed by atoms with E-state index >= 15 is 0 Å². The maximum atomic E-state index is 12.6. The molecule has 2 aromatic heterocycles. The van der Waals surface area contributed by atoms with E-state index in [1.165, 1.54) is 0 Å². The van der Waals surface area contributed by atoms with Gasteiger partial charge in [-0.1, -0.05) is 13.0 Å². The minimum atomic E-state index is -0.241. The van der Waals surface area contributed by atoms with Crippen molar-refractivity contribution < 1.29 is 9.59 Å². The molecule has 26 heavy (non-hydrogen) atoms. The van der Waals surface area contributed by atoms with Crippen molar-refractivity contribution in [3.05, 3.63) is 47.0 Å². The van der Waals surface area contributed by atoms with Gasteiger partial charge in [-0.15, -0.1) is 0 Å². The molecule has 0 spiro atoms. The molecule has 2 N–H and O–H groups in total. The van der Waals surface area contributed by atoms with E-state index in [1.807, 2.05) is 26.0 Å². The summed E-state index contributed by atoms with van der Waals surface area (Å²) in [6, 6.07) is 3.73. The van der Waals surface area contributed by atoms with Gasteiger partial charge >= 0.3 is 6.03 Å². The summed E-state index contributed by atoms with van der Waals surface area (Å²) in [6.07, 6.45) is 4.27. The third-order valence-corrected chi connectivity index (χ3v) is 4.62. The lowest BCUT2D eigenvalue weighted by molar-refractivity contribution is 0.0943. The van der Waals surface area contributed by atoms with E-state index in [0.717, 1.165) is 23.2 Å². The molecule has 1 atom stereocenters. The molecule has 8 nitrogen and oxygen atoms in total. The van der Waals surface area contributed by atoms with Crippen LogP contribution < -0.4 is 10.6 Å². The molecule has 0 fully saturated rings. The molecule has 1 aliphatic rings. The van der Waals surface area contributed by atoms with Crippen LogP contribution >= 0.6 is 0 Å². The molecule has 3 heterocycles. The lowest BCUT2D eigenvalue weighted by Gasteiger charge is -2.20. The summed E-state index contributed by atoms with van der Waals surface area (Å²) in [5.74, 6) is -0.241. The molecule has 0 aliphatic carbocycles. The normalized spacial score (nSPS) is 14.0. The number of rotatable bonds is 5. The van der Waals surface area contributed by atoms with Crippen LogP contribution in [0.1, 0.15) is 47.6 Å². The number of carbonyl (C=O) groups excluding carboxylic acids is 2. The summed E-state index contributed by atoms with van der Waals surface area (Å²) >= 11 is 0. The molecule has 138 valence electrons. The van der Waals surface area contributed by atoms with Crippen molar-refractivity contribution in [3.8, 4) is 0 Å². The number of amides is 3. The van der Waals surface area contributed by atoms with Crippen molar-refractivity contribution in [3.63, 3.8) is 0 Å². The first-order chi connectivity index (χ1) is 12.5. The number of fused-ring (bicyclic) bond motifs is 1. The van der Waals surface area contributed by atoms with E-state index in [0.29, 0.717) is 25.3 Å². The van der Waals surface area contributed by atoms with Crippen molar-refractivity contribution in [1.29, 1.82) is 0 Å². The van der Waals surface area contributed by atoms with Crippen molar-refractivity contribution in [2.75, 3.05) is 0 Å². The van der Waals surface area contributed by atoms with Crippen molar-refractivity contribution in [2.45, 2.75) is 45.9 Å². The fraction of sp³-hybridized carbons (Fsp3) is 0.444. The molecule has 0 radical (unpaired) electrons. The highest BCUT2D eigenvalue weighted by Crippen LogP contribution is 2.25. The number of pyridine rings is 1. The molecule has 1 unspecified atom stereocenters. The van der Waals surface area contributed by atoms with Crippen LogP contribution in [-0.4, -0.2) is 37.6 Å². The predicted octanol–water partition coefficient (Wildman–Crippen LogP) is 1.57. The zero-order valence-electron chi connectivity index (χ0n) is 15.3. The molecule has 2 aromatic rings. The van der Waals surface area contributed by atoms with Gasteiger partial charge in [0.1, 0.15) is 0 Å². The van der Waals surface area contributed by atoms with Crippen LogP contribution in [0, 0.1) is 0 Å². The summed E-state index contributed by atoms with van der Waals surface area (Å²) in [6.45, 7) is 5.23. The number of carbonyl (C=O) groups is 2. The monoisotopic (exact) mass is 356 g/mol. The summed E-state index contributed by atoms with van der Waals surface area (Å²) in [5, 5.41) is 10.2. The topological polar surface area (TPSA) is 92.2 Å². The second-order valence-electron chi connectivity index (χ2n) is 6.56. The number of aromatic nitrogens is 3. The quantitative estimate of drug-likeness (QED) is 0.850. The standard InChI is InChI=1S/C18H24N6O2/c1-4-12(2)21-18(26)24-10-14-15(11-24)23(3)22-16(14)17(25)20-9-13-6-5-7-19-8-13/h5-8,12H,4,9-11H2,1-3H3,(H,20,25)(H,21,26). The Morgan fingerprint density at radius 1 is 1.35 bits per heavy atom. The van der Waals surface area contributed by atoms with Crippen LogP contribution in [0.5, 0.6) is 0 Å². The van der Waals surface area contributed by atoms with Gasteiger partial charge in [0.05, 0.1) is 18.8 Å². The Morgan fingerprint density at radius 2 is 2.15 bits per heavy atom. The number of aryl methyl sites for hydroxylation is 1. The Balaban J connectivity index is 1.68. The van der Waals surface area contributed by atoms with E-state index in [9.17, 15) is 9.59 Å². The maximum Gasteiger partial charge on any atom is 0.318 e. The van der Waals surface area contributed by atoms with E-state index < -0.39 is 0 Å². The molecular weight excluding hydrogens is 332 g/mol. The highest BCUT2D eigenvalue weighted by molar-refractivity contribution is 5.94. The summed E-state index contributed by atoms with van der Waals surface area (Å²) < 4.78 is 1.69. The fourth-order valence-electron chi connectivity index (χ4n) is 2.89. The van der Waals surface area contributed by atoms with Crippen molar-refractivity contribution in [2.24, 2.45) is 7.05 Å². The average Bonchev–Trinajstić information content (AvgIpc) is 3.21. The zero-order valence-corrected chi connectivity index (χ0v) is 15.3. The number of hydrogen-bond donors (Lipinski definition) is 2. The Bertz CT molecular complexity index is 802. The minimum Gasteiger partial charge on any atom is -0.346 e. The molecule has 3 rings (SSSR count). The molecular formula is C18H24N6O2. The lowest BCUT2D eigenvalue weighted by Crippen LogP contribution is -2.41. The smallest absolute Gasteiger partial charge is 0.318 e. The fourth-order valence-corrected chi connectivity index (χ4v) is 2.89. The first-order valence-corrected chi connectivity index (χ1v) is 8.76. The third kappa shape index (κ3) is 3.68. The molecule has 0 bridgehead atoms. The van der Waals surface area contributed by atoms with Gasteiger partial charge in [-0.25, -0.2) is 4.79 Å². The summed E-state index contributed by atoms with van der Waals surface area (Å²) in [4.78, 5) is 30.7. The molecule has 0 saturated carbocycles. The van der Waals surface area contributed by atoms with Crippen LogP contribution in [-0.2, 0) is 26.7 Å². The van der Waals surface area contributed by atoms with E-state index in [2.05, 4.69) is 20.7 Å². The van der Waals surface area contributed by atoms with Crippen LogP contribution in [0.15, 0.2) is 24.5 Å². The van der Waals surface area contributed by atoms with Gasteiger partial charge in [-0.3, -0.25) is 14.5 Å². The van der Waals surface area contributed by atoms with E-state index in [1.54, 1.807) is 29.0 Å². The van der Waals surface area contributed by atoms with Crippen LogP contribution in [0.4, 0.5) is 4.79 Å². The molecule has 3 amide bonds. The second kappa shape index (κ2) is 7.55. The van der Waals surface area contributed by atoms with Crippen LogP contribution in [0.3, 0.4) is 0 Å². The zero-order chi connectivity index (χ0) is 18.7. The van der Waals surface area contributed by atoms with E-state index in [4.69, 9.17) is 0 Å². The predicted molar refractivity (Wildman–Crippen MR) is 96.1 cm³/mol. The van der Waals surface area contributed by atoms with E-state index in [-0.39, 0.29) is 18.0 Å². The van der Waals surface area contributed by atoms with Gasteiger partial charge in [-0.2, -0.15) is 5.10 Å².